The van der Waals surface area contributed by atoms with Crippen LogP contribution in [0.15, 0.2) is 70.0 Å². The molecule has 1 atom stereocenters. The summed E-state index contributed by atoms with van der Waals surface area (Å²) in [5.74, 6) is 1.07. The molecule has 7 nitrogen and oxygen atoms in total. The Kier molecular flexibility index (Phi) is 4.66. The van der Waals surface area contributed by atoms with E-state index in [1.165, 1.54) is 12.0 Å². The van der Waals surface area contributed by atoms with Crippen molar-refractivity contribution in [3.8, 4) is 11.5 Å². The quantitative estimate of drug-likeness (QED) is 0.483. The fraction of sp³-hybridized carbons (Fsp3) is 0.160. The summed E-state index contributed by atoms with van der Waals surface area (Å²) in [7, 11) is 3.09. The molecule has 0 saturated heterocycles. The molecular weight excluding hydrogens is 408 g/mol. The highest BCUT2D eigenvalue weighted by atomic mass is 16.5. The number of aromatic nitrogens is 1. The third-order valence-electron chi connectivity index (χ3n) is 5.65. The zero-order chi connectivity index (χ0) is 22.4. The lowest BCUT2D eigenvalue weighted by molar-refractivity contribution is 0.0970. The van der Waals surface area contributed by atoms with Gasteiger partial charge in [-0.15, -0.1) is 0 Å². The van der Waals surface area contributed by atoms with Gasteiger partial charge in [0.25, 0.3) is 5.91 Å². The Morgan fingerprint density at radius 1 is 0.969 bits per heavy atom. The summed E-state index contributed by atoms with van der Waals surface area (Å²) in [6.07, 6.45) is 1.60. The molecule has 0 fully saturated rings. The normalized spacial score (nSPS) is 15.2. The van der Waals surface area contributed by atoms with Gasteiger partial charge in [-0.05, 0) is 48.9 Å². The molecule has 5 rings (SSSR count). The molecule has 3 heterocycles. The van der Waals surface area contributed by atoms with Crippen molar-refractivity contribution in [3.05, 3.63) is 93.5 Å². The van der Waals surface area contributed by atoms with Crippen molar-refractivity contribution in [2.24, 2.45) is 0 Å². The zero-order valence-electron chi connectivity index (χ0n) is 17.8. The number of rotatable bonds is 4. The van der Waals surface area contributed by atoms with Gasteiger partial charge >= 0.3 is 0 Å². The van der Waals surface area contributed by atoms with Gasteiger partial charge in [0, 0.05) is 6.20 Å². The van der Waals surface area contributed by atoms with Crippen LogP contribution in [0.5, 0.6) is 11.5 Å². The minimum Gasteiger partial charge on any atom is -0.493 e. The Balaban J connectivity index is 1.82. The number of amides is 1. The van der Waals surface area contributed by atoms with E-state index in [-0.39, 0.29) is 16.8 Å². The largest absolute Gasteiger partial charge is 0.493 e. The van der Waals surface area contributed by atoms with E-state index >= 15 is 0 Å². The topological polar surface area (TPSA) is 81.9 Å². The molecule has 1 aliphatic rings. The number of ether oxygens (including phenoxy) is 2. The lowest BCUT2D eigenvalue weighted by Gasteiger charge is -2.24. The summed E-state index contributed by atoms with van der Waals surface area (Å²) in [6, 6.07) is 15.2. The van der Waals surface area contributed by atoms with Crippen LogP contribution in [0.25, 0.3) is 11.0 Å². The maximum Gasteiger partial charge on any atom is 0.296 e. The van der Waals surface area contributed by atoms with Crippen LogP contribution in [0.1, 0.15) is 33.3 Å². The maximum absolute atomic E-state index is 13.6. The van der Waals surface area contributed by atoms with Gasteiger partial charge in [0.15, 0.2) is 16.9 Å². The lowest BCUT2D eigenvalue weighted by atomic mass is 9.97. The van der Waals surface area contributed by atoms with Gasteiger partial charge in [0.2, 0.25) is 5.76 Å². The number of benzene rings is 2. The number of methoxy groups -OCH3 is 2. The van der Waals surface area contributed by atoms with Crippen LogP contribution < -0.4 is 19.8 Å². The molecule has 1 aliphatic heterocycles. The molecular formula is C25H20N2O5. The number of carbonyl (C=O) groups is 1. The first-order valence-corrected chi connectivity index (χ1v) is 10.1. The zero-order valence-corrected chi connectivity index (χ0v) is 17.8. The van der Waals surface area contributed by atoms with E-state index in [4.69, 9.17) is 13.9 Å². The van der Waals surface area contributed by atoms with Crippen molar-refractivity contribution in [3.63, 3.8) is 0 Å². The van der Waals surface area contributed by atoms with Crippen LogP contribution in [0.4, 0.5) is 5.82 Å². The highest BCUT2D eigenvalue weighted by molar-refractivity contribution is 6.10. The molecule has 2 aromatic heterocycles. The molecule has 32 heavy (non-hydrogen) atoms. The summed E-state index contributed by atoms with van der Waals surface area (Å²) < 4.78 is 16.8. The van der Waals surface area contributed by atoms with Gasteiger partial charge in [-0.1, -0.05) is 23.8 Å². The molecule has 7 heteroatoms. The van der Waals surface area contributed by atoms with Crippen molar-refractivity contribution < 1.29 is 18.7 Å². The molecule has 2 aromatic carbocycles. The van der Waals surface area contributed by atoms with Crippen molar-refractivity contribution in [2.45, 2.75) is 13.0 Å². The van der Waals surface area contributed by atoms with E-state index in [2.05, 4.69) is 4.98 Å². The number of aryl methyl sites for hydroxylation is 1. The van der Waals surface area contributed by atoms with E-state index in [9.17, 15) is 9.59 Å². The summed E-state index contributed by atoms with van der Waals surface area (Å²) in [4.78, 5) is 33.0. The standard InChI is InChI=1S/C25H20N2O5/c1-14-7-9-17-16(12-14)23(28)21-22(15-8-10-18(30-2)19(13-15)31-3)27(25(29)24(21)32-17)20-6-4-5-11-26-20/h4-13,22H,1-3H3/t22-/m1/s1. The van der Waals surface area contributed by atoms with E-state index in [1.54, 1.807) is 55.8 Å². The van der Waals surface area contributed by atoms with Gasteiger partial charge in [-0.2, -0.15) is 0 Å². The van der Waals surface area contributed by atoms with Crippen LogP contribution in [-0.4, -0.2) is 25.1 Å². The Morgan fingerprint density at radius 2 is 1.78 bits per heavy atom. The fourth-order valence-electron chi connectivity index (χ4n) is 4.16. The summed E-state index contributed by atoms with van der Waals surface area (Å²) >= 11 is 0. The molecule has 160 valence electrons. The third-order valence-corrected chi connectivity index (χ3v) is 5.65. The Hall–Kier alpha value is -4.13. The number of carbonyl (C=O) groups excluding carboxylic acids is 1. The SMILES string of the molecule is COc1ccc([C@@H]2c3c(oc4ccc(C)cc4c3=O)C(=O)N2c2ccccn2)cc1OC. The Morgan fingerprint density at radius 3 is 2.50 bits per heavy atom. The van der Waals surface area contributed by atoms with Crippen molar-refractivity contribution in [2.75, 3.05) is 19.1 Å². The fourth-order valence-corrected chi connectivity index (χ4v) is 4.16. The van der Waals surface area contributed by atoms with E-state index < -0.39 is 11.9 Å². The molecule has 1 amide bonds. The van der Waals surface area contributed by atoms with Crippen LogP contribution >= 0.6 is 0 Å². The lowest BCUT2D eigenvalue weighted by Crippen LogP contribution is -2.30. The molecule has 0 N–H and O–H groups in total. The number of hydrogen-bond donors (Lipinski definition) is 0. The van der Waals surface area contributed by atoms with Crippen molar-refractivity contribution >= 4 is 22.7 Å². The summed E-state index contributed by atoms with van der Waals surface area (Å²) in [5.41, 5.74) is 2.03. The van der Waals surface area contributed by atoms with Gasteiger partial charge in [0.05, 0.1) is 31.2 Å². The predicted molar refractivity (Wildman–Crippen MR) is 120 cm³/mol. The van der Waals surface area contributed by atoms with Crippen molar-refractivity contribution in [1.82, 2.24) is 4.98 Å². The molecule has 4 aromatic rings. The first-order valence-electron chi connectivity index (χ1n) is 10.1. The van der Waals surface area contributed by atoms with E-state index in [0.29, 0.717) is 33.8 Å². The monoisotopic (exact) mass is 428 g/mol. The number of nitrogens with zero attached hydrogens (tertiary/aromatic N) is 2. The van der Waals surface area contributed by atoms with E-state index in [1.807, 2.05) is 19.1 Å². The van der Waals surface area contributed by atoms with Gasteiger partial charge in [-0.3, -0.25) is 14.5 Å². The maximum atomic E-state index is 13.6. The third kappa shape index (κ3) is 2.93. The van der Waals surface area contributed by atoms with Crippen LogP contribution in [-0.2, 0) is 0 Å². The molecule has 0 saturated carbocycles. The summed E-state index contributed by atoms with van der Waals surface area (Å²) in [6.45, 7) is 1.91. The van der Waals surface area contributed by atoms with Gasteiger partial charge < -0.3 is 13.9 Å². The molecule has 0 unspecified atom stereocenters. The van der Waals surface area contributed by atoms with Crippen LogP contribution in [0.2, 0.25) is 0 Å². The second-order valence-electron chi connectivity index (χ2n) is 7.55. The minimum absolute atomic E-state index is 0.0248. The predicted octanol–water partition coefficient (Wildman–Crippen LogP) is 4.26. The highest BCUT2D eigenvalue weighted by Gasteiger charge is 2.44. The number of pyridine rings is 1. The minimum atomic E-state index is -0.728. The first kappa shape index (κ1) is 19.8. The molecule has 0 bridgehead atoms. The van der Waals surface area contributed by atoms with Crippen LogP contribution in [0, 0.1) is 6.92 Å². The smallest absolute Gasteiger partial charge is 0.296 e. The van der Waals surface area contributed by atoms with Crippen LogP contribution in [0.3, 0.4) is 0 Å². The van der Waals surface area contributed by atoms with Gasteiger partial charge in [-0.25, -0.2) is 4.98 Å². The average molecular weight is 428 g/mol. The molecule has 0 aliphatic carbocycles. The Bertz CT molecular complexity index is 1410. The number of hydrogen-bond acceptors (Lipinski definition) is 6. The van der Waals surface area contributed by atoms with E-state index in [0.717, 1.165) is 5.56 Å². The Labute approximate surface area is 183 Å². The first-order chi connectivity index (χ1) is 15.5. The summed E-state index contributed by atoms with van der Waals surface area (Å²) in [5, 5.41) is 0.435. The molecule has 0 spiro atoms. The van der Waals surface area contributed by atoms with Crippen molar-refractivity contribution in [1.29, 1.82) is 0 Å². The second-order valence-corrected chi connectivity index (χ2v) is 7.55. The number of fused-ring (bicyclic) bond motifs is 2. The highest BCUT2D eigenvalue weighted by Crippen LogP contribution is 2.42. The average Bonchev–Trinajstić information content (AvgIpc) is 3.12. The second kappa shape index (κ2) is 7.53. The molecule has 0 radical (unpaired) electrons. The number of anilines is 1. The van der Waals surface area contributed by atoms with Gasteiger partial charge in [0.1, 0.15) is 11.4 Å².